The van der Waals surface area contributed by atoms with E-state index in [-0.39, 0.29) is 18.1 Å². The molecule has 1 amide bonds. The van der Waals surface area contributed by atoms with Crippen molar-refractivity contribution in [2.24, 2.45) is 7.05 Å². The Bertz CT molecular complexity index is 836. The summed E-state index contributed by atoms with van der Waals surface area (Å²) in [4.78, 5) is 12.9. The van der Waals surface area contributed by atoms with Crippen LogP contribution < -0.4 is 10.1 Å². The number of allylic oxidation sites excluding steroid dienone is 1. The number of nitrogens with one attached hydrogen (secondary N) is 1. The van der Waals surface area contributed by atoms with Crippen molar-refractivity contribution in [3.05, 3.63) is 41.6 Å². The van der Waals surface area contributed by atoms with Crippen molar-refractivity contribution in [3.63, 3.8) is 0 Å². The van der Waals surface area contributed by atoms with Crippen LogP contribution in [0.3, 0.4) is 0 Å². The number of hydrogen-bond acceptors (Lipinski definition) is 4. The molecule has 146 valence electrons. The Kier molecular flexibility index (Phi) is 6.19. The highest BCUT2D eigenvalue weighted by molar-refractivity contribution is 5.99. The second-order valence-corrected chi connectivity index (χ2v) is 7.11. The summed E-state index contributed by atoms with van der Waals surface area (Å²) in [6.07, 6.45) is 2.77. The van der Waals surface area contributed by atoms with Crippen molar-refractivity contribution < 1.29 is 19.0 Å². The highest BCUT2D eigenvalue weighted by Crippen LogP contribution is 2.24. The largest absolute Gasteiger partial charge is 0.497 e. The fourth-order valence-electron chi connectivity index (χ4n) is 3.29. The molecule has 2 aromatic rings. The van der Waals surface area contributed by atoms with Crippen LogP contribution in [0.4, 0.5) is 0 Å². The molecule has 27 heavy (non-hydrogen) atoms. The van der Waals surface area contributed by atoms with Gasteiger partial charge < -0.3 is 24.1 Å². The van der Waals surface area contributed by atoms with Crippen molar-refractivity contribution in [3.8, 4) is 5.75 Å². The lowest BCUT2D eigenvalue weighted by atomic mass is 10.1. The minimum absolute atomic E-state index is 0.0481. The SMILES string of the molecule is COc1ccc2cc(C(=O)NC3COCCC3OCC=C(C)C)n(C)c2c1. The van der Waals surface area contributed by atoms with E-state index in [1.54, 1.807) is 7.11 Å². The Morgan fingerprint density at radius 2 is 2.19 bits per heavy atom. The lowest BCUT2D eigenvalue weighted by Crippen LogP contribution is -2.50. The van der Waals surface area contributed by atoms with E-state index in [2.05, 4.69) is 5.32 Å². The molecule has 2 unspecified atom stereocenters. The molecule has 0 aliphatic carbocycles. The number of aromatic nitrogens is 1. The molecule has 0 saturated carbocycles. The van der Waals surface area contributed by atoms with Crippen LogP contribution in [0.15, 0.2) is 35.9 Å². The highest BCUT2D eigenvalue weighted by Gasteiger charge is 2.29. The van der Waals surface area contributed by atoms with Crippen LogP contribution in [0.1, 0.15) is 30.8 Å². The maximum atomic E-state index is 12.9. The van der Waals surface area contributed by atoms with Crippen molar-refractivity contribution in [1.82, 2.24) is 9.88 Å². The molecule has 0 radical (unpaired) electrons. The molecule has 2 heterocycles. The zero-order valence-electron chi connectivity index (χ0n) is 16.5. The van der Waals surface area contributed by atoms with Gasteiger partial charge in [0.1, 0.15) is 11.4 Å². The molecule has 1 saturated heterocycles. The smallest absolute Gasteiger partial charge is 0.268 e. The first-order valence-electron chi connectivity index (χ1n) is 9.26. The first-order chi connectivity index (χ1) is 13.0. The van der Waals surface area contributed by atoms with Crippen LogP contribution in [0.5, 0.6) is 5.75 Å². The third-order valence-corrected chi connectivity index (χ3v) is 4.90. The predicted octanol–water partition coefficient (Wildman–Crippen LogP) is 3.06. The summed E-state index contributed by atoms with van der Waals surface area (Å²) in [5.41, 5.74) is 2.77. The summed E-state index contributed by atoms with van der Waals surface area (Å²) < 4.78 is 18.7. The van der Waals surface area contributed by atoms with Crippen LogP contribution >= 0.6 is 0 Å². The van der Waals surface area contributed by atoms with Gasteiger partial charge in [-0.05, 0) is 38.5 Å². The number of rotatable bonds is 6. The minimum atomic E-state index is -0.163. The third kappa shape index (κ3) is 4.51. The van der Waals surface area contributed by atoms with Crippen LogP contribution in [-0.4, -0.2) is 49.6 Å². The number of ether oxygens (including phenoxy) is 3. The number of nitrogens with zero attached hydrogens (tertiary/aromatic N) is 1. The lowest BCUT2D eigenvalue weighted by Gasteiger charge is -2.31. The van der Waals surface area contributed by atoms with E-state index < -0.39 is 0 Å². The van der Waals surface area contributed by atoms with E-state index in [0.29, 0.717) is 25.5 Å². The Morgan fingerprint density at radius 1 is 1.37 bits per heavy atom. The van der Waals surface area contributed by atoms with Gasteiger partial charge in [0, 0.05) is 25.1 Å². The fourth-order valence-corrected chi connectivity index (χ4v) is 3.29. The van der Waals surface area contributed by atoms with Crippen LogP contribution in [0, 0.1) is 0 Å². The van der Waals surface area contributed by atoms with E-state index in [0.717, 1.165) is 23.1 Å². The highest BCUT2D eigenvalue weighted by atomic mass is 16.5. The molecule has 6 heteroatoms. The van der Waals surface area contributed by atoms with Crippen molar-refractivity contribution in [2.45, 2.75) is 32.4 Å². The normalized spacial score (nSPS) is 19.7. The van der Waals surface area contributed by atoms with Gasteiger partial charge in [-0.15, -0.1) is 0 Å². The zero-order valence-corrected chi connectivity index (χ0v) is 16.5. The second kappa shape index (κ2) is 8.59. The molecule has 1 fully saturated rings. The van der Waals surface area contributed by atoms with E-state index in [1.165, 1.54) is 5.57 Å². The van der Waals surface area contributed by atoms with E-state index in [9.17, 15) is 4.79 Å². The molecule has 1 aromatic heterocycles. The second-order valence-electron chi connectivity index (χ2n) is 7.11. The standard InChI is InChI=1S/C21H28N2O4/c1-14(2)7-10-27-20-8-9-26-13-17(20)22-21(24)19-11-15-5-6-16(25-4)12-18(15)23(19)3/h5-7,11-12,17,20H,8-10,13H2,1-4H3,(H,22,24). The molecule has 1 aromatic carbocycles. The number of methoxy groups -OCH3 is 1. The molecule has 1 N–H and O–H groups in total. The zero-order chi connectivity index (χ0) is 19.4. The number of fused-ring (bicyclic) bond motifs is 1. The van der Waals surface area contributed by atoms with Gasteiger partial charge in [0.05, 0.1) is 38.0 Å². The first-order valence-corrected chi connectivity index (χ1v) is 9.26. The van der Waals surface area contributed by atoms with E-state index in [1.807, 2.05) is 55.8 Å². The van der Waals surface area contributed by atoms with Gasteiger partial charge in [-0.3, -0.25) is 4.79 Å². The van der Waals surface area contributed by atoms with Crippen molar-refractivity contribution in [2.75, 3.05) is 26.9 Å². The van der Waals surface area contributed by atoms with Gasteiger partial charge >= 0.3 is 0 Å². The molecule has 0 bridgehead atoms. The summed E-state index contributed by atoms with van der Waals surface area (Å²) in [7, 11) is 3.52. The summed E-state index contributed by atoms with van der Waals surface area (Å²) in [5.74, 6) is 0.642. The number of aryl methyl sites for hydroxylation is 1. The molecule has 3 rings (SSSR count). The number of carbonyl (C=O) groups is 1. The topological polar surface area (TPSA) is 61.7 Å². The molecule has 1 aliphatic rings. The van der Waals surface area contributed by atoms with Crippen LogP contribution in [-0.2, 0) is 16.5 Å². The van der Waals surface area contributed by atoms with Gasteiger partial charge in [0.2, 0.25) is 0 Å². The molecule has 0 spiro atoms. The van der Waals surface area contributed by atoms with Gasteiger partial charge in [-0.2, -0.15) is 0 Å². The van der Waals surface area contributed by atoms with Crippen LogP contribution in [0.25, 0.3) is 10.9 Å². The summed E-state index contributed by atoms with van der Waals surface area (Å²) in [6, 6.07) is 7.52. The Hall–Kier alpha value is -2.31. The van der Waals surface area contributed by atoms with Gasteiger partial charge in [-0.25, -0.2) is 0 Å². The lowest BCUT2D eigenvalue weighted by molar-refractivity contribution is -0.0458. The average molecular weight is 372 g/mol. The Labute approximate surface area is 160 Å². The predicted molar refractivity (Wildman–Crippen MR) is 105 cm³/mol. The summed E-state index contributed by atoms with van der Waals surface area (Å²) >= 11 is 0. The van der Waals surface area contributed by atoms with Crippen molar-refractivity contribution >= 4 is 16.8 Å². The monoisotopic (exact) mass is 372 g/mol. The van der Waals surface area contributed by atoms with Gasteiger partial charge in [0.15, 0.2) is 0 Å². The summed E-state index contributed by atoms with van der Waals surface area (Å²) in [5, 5.41) is 4.09. The first kappa shape index (κ1) is 19.5. The molecular formula is C21H28N2O4. The van der Waals surface area contributed by atoms with Gasteiger partial charge in [-0.1, -0.05) is 11.6 Å². The quantitative estimate of drug-likeness (QED) is 0.792. The van der Waals surface area contributed by atoms with Gasteiger partial charge in [0.25, 0.3) is 5.91 Å². The third-order valence-electron chi connectivity index (χ3n) is 4.90. The minimum Gasteiger partial charge on any atom is -0.497 e. The van der Waals surface area contributed by atoms with Crippen LogP contribution in [0.2, 0.25) is 0 Å². The number of benzene rings is 1. The Balaban J connectivity index is 1.74. The fraction of sp³-hybridized carbons (Fsp3) is 0.476. The number of hydrogen-bond donors (Lipinski definition) is 1. The summed E-state index contributed by atoms with van der Waals surface area (Å²) in [6.45, 7) is 5.75. The molecule has 2 atom stereocenters. The van der Waals surface area contributed by atoms with E-state index in [4.69, 9.17) is 14.2 Å². The maximum absolute atomic E-state index is 12.9. The number of amides is 1. The van der Waals surface area contributed by atoms with E-state index >= 15 is 0 Å². The molecular weight excluding hydrogens is 344 g/mol. The molecule has 6 nitrogen and oxygen atoms in total. The Morgan fingerprint density at radius 3 is 2.93 bits per heavy atom. The average Bonchev–Trinajstić information content (AvgIpc) is 2.99. The maximum Gasteiger partial charge on any atom is 0.268 e. The molecule has 1 aliphatic heterocycles. The number of carbonyl (C=O) groups excluding carboxylic acids is 1. The van der Waals surface area contributed by atoms with Crippen molar-refractivity contribution in [1.29, 1.82) is 0 Å².